The normalized spacial score (nSPS) is 18.9. The van der Waals surface area contributed by atoms with Crippen LogP contribution in [-0.4, -0.2) is 29.7 Å². The molecule has 1 aromatic rings. The van der Waals surface area contributed by atoms with Crippen LogP contribution < -0.4 is 5.32 Å². The molecule has 1 unspecified atom stereocenters. The number of carboxylic acids is 1. The molecule has 1 saturated heterocycles. The summed E-state index contributed by atoms with van der Waals surface area (Å²) < 4.78 is 5.42. The van der Waals surface area contributed by atoms with Gasteiger partial charge in [0.15, 0.2) is 0 Å². The van der Waals surface area contributed by atoms with Crippen molar-refractivity contribution in [3.63, 3.8) is 0 Å². The van der Waals surface area contributed by atoms with Gasteiger partial charge >= 0.3 is 5.97 Å². The van der Waals surface area contributed by atoms with E-state index in [1.54, 1.807) is 24.3 Å². The van der Waals surface area contributed by atoms with Gasteiger partial charge in [-0.3, -0.25) is 4.79 Å². The summed E-state index contributed by atoms with van der Waals surface area (Å²) in [4.78, 5) is 22.5. The van der Waals surface area contributed by atoms with Gasteiger partial charge in [-0.25, -0.2) is 4.79 Å². The minimum absolute atomic E-state index is 0.149. The quantitative estimate of drug-likeness (QED) is 0.827. The summed E-state index contributed by atoms with van der Waals surface area (Å²) in [5.74, 6) is -1.15. The number of carboxylic acid groups (broad SMARTS) is 1. The lowest BCUT2D eigenvalue weighted by atomic mass is 10.1. The van der Waals surface area contributed by atoms with Crippen molar-refractivity contribution in [2.24, 2.45) is 0 Å². The number of hydrogen-bond acceptors (Lipinski definition) is 3. The van der Waals surface area contributed by atoms with Gasteiger partial charge in [0.05, 0.1) is 0 Å². The maximum absolute atomic E-state index is 12.0. The fourth-order valence-corrected chi connectivity index (χ4v) is 2.06. The van der Waals surface area contributed by atoms with E-state index in [0.29, 0.717) is 12.3 Å². The Balaban J connectivity index is 2.00. The molecule has 2 rings (SSSR count). The van der Waals surface area contributed by atoms with E-state index in [1.165, 1.54) is 6.08 Å². The molecule has 1 aromatic carbocycles. The van der Waals surface area contributed by atoms with Gasteiger partial charge < -0.3 is 15.2 Å². The minimum atomic E-state index is -1.00. The summed E-state index contributed by atoms with van der Waals surface area (Å²) in [6.45, 7) is 0.624. The first kappa shape index (κ1) is 14.3. The van der Waals surface area contributed by atoms with Crippen LogP contribution >= 0.6 is 0 Å². The first-order valence-corrected chi connectivity index (χ1v) is 6.59. The molecule has 1 fully saturated rings. The number of amides is 1. The first-order chi connectivity index (χ1) is 9.65. The molecule has 0 aliphatic carbocycles. The monoisotopic (exact) mass is 275 g/mol. The summed E-state index contributed by atoms with van der Waals surface area (Å²) in [7, 11) is 0. The van der Waals surface area contributed by atoms with Gasteiger partial charge in [0.1, 0.15) is 6.10 Å². The molecule has 2 N–H and O–H groups in total. The molecule has 0 aromatic heterocycles. The maximum Gasteiger partial charge on any atom is 0.328 e. The van der Waals surface area contributed by atoms with E-state index in [0.717, 1.165) is 30.9 Å². The lowest BCUT2D eigenvalue weighted by Gasteiger charge is -2.21. The highest BCUT2D eigenvalue weighted by atomic mass is 16.5. The molecule has 0 spiro atoms. The second-order valence-electron chi connectivity index (χ2n) is 4.64. The van der Waals surface area contributed by atoms with Crippen LogP contribution in [0.5, 0.6) is 0 Å². The Kier molecular flexibility index (Phi) is 4.90. The van der Waals surface area contributed by atoms with Crippen molar-refractivity contribution in [2.45, 2.75) is 25.4 Å². The smallest absolute Gasteiger partial charge is 0.328 e. The number of hydrogen-bond donors (Lipinski definition) is 2. The Morgan fingerprint density at radius 3 is 2.90 bits per heavy atom. The molecule has 20 heavy (non-hydrogen) atoms. The van der Waals surface area contributed by atoms with E-state index < -0.39 is 5.97 Å². The molecule has 1 atom stereocenters. The molecule has 1 aliphatic rings. The second kappa shape index (κ2) is 6.86. The number of ether oxygens (including phenoxy) is 1. The molecule has 5 heteroatoms. The van der Waals surface area contributed by atoms with Gasteiger partial charge in [0.25, 0.3) is 5.91 Å². The van der Waals surface area contributed by atoms with Crippen LogP contribution in [0.2, 0.25) is 0 Å². The van der Waals surface area contributed by atoms with Crippen molar-refractivity contribution in [3.8, 4) is 0 Å². The molecule has 1 heterocycles. The largest absolute Gasteiger partial charge is 0.478 e. The van der Waals surface area contributed by atoms with Crippen molar-refractivity contribution in [2.75, 3.05) is 11.9 Å². The summed E-state index contributed by atoms with van der Waals surface area (Å²) in [6.07, 6.45) is 4.89. The summed E-state index contributed by atoms with van der Waals surface area (Å²) >= 11 is 0. The van der Waals surface area contributed by atoms with Gasteiger partial charge in [-0.15, -0.1) is 0 Å². The Bertz CT molecular complexity index is 518. The van der Waals surface area contributed by atoms with Gasteiger partial charge in [0, 0.05) is 18.4 Å². The maximum atomic E-state index is 12.0. The summed E-state index contributed by atoms with van der Waals surface area (Å²) in [5.41, 5.74) is 1.35. The molecule has 0 saturated carbocycles. The molecule has 5 nitrogen and oxygen atoms in total. The topological polar surface area (TPSA) is 75.6 Å². The number of nitrogens with one attached hydrogen (secondary N) is 1. The Morgan fingerprint density at radius 1 is 1.35 bits per heavy atom. The Labute approximate surface area is 117 Å². The highest BCUT2D eigenvalue weighted by Gasteiger charge is 2.21. The fraction of sp³-hybridized carbons (Fsp3) is 0.333. The van der Waals surface area contributed by atoms with Crippen molar-refractivity contribution in [3.05, 3.63) is 35.9 Å². The average Bonchev–Trinajstić information content (AvgIpc) is 2.46. The van der Waals surface area contributed by atoms with E-state index in [1.807, 2.05) is 0 Å². The summed E-state index contributed by atoms with van der Waals surface area (Å²) in [5, 5.41) is 11.4. The lowest BCUT2D eigenvalue weighted by Crippen LogP contribution is -2.33. The number of rotatable bonds is 4. The molecule has 1 amide bonds. The van der Waals surface area contributed by atoms with Gasteiger partial charge in [-0.05, 0) is 43.0 Å². The number of benzene rings is 1. The first-order valence-electron chi connectivity index (χ1n) is 6.59. The van der Waals surface area contributed by atoms with E-state index in [9.17, 15) is 9.59 Å². The second-order valence-corrected chi connectivity index (χ2v) is 4.64. The number of anilines is 1. The third-order valence-electron chi connectivity index (χ3n) is 3.04. The fourth-order valence-electron chi connectivity index (χ4n) is 2.06. The van der Waals surface area contributed by atoms with Crippen LogP contribution in [0.1, 0.15) is 24.8 Å². The Morgan fingerprint density at radius 2 is 2.20 bits per heavy atom. The predicted molar refractivity (Wildman–Crippen MR) is 75.3 cm³/mol. The molecular weight excluding hydrogens is 258 g/mol. The lowest BCUT2D eigenvalue weighted by molar-refractivity contribution is -0.131. The minimum Gasteiger partial charge on any atom is -0.478 e. The third kappa shape index (κ3) is 4.20. The zero-order valence-electron chi connectivity index (χ0n) is 11.0. The predicted octanol–water partition coefficient (Wildman–Crippen LogP) is 2.29. The molecule has 0 bridgehead atoms. The van der Waals surface area contributed by atoms with Crippen LogP contribution in [0.4, 0.5) is 5.69 Å². The van der Waals surface area contributed by atoms with E-state index in [-0.39, 0.29) is 12.0 Å². The number of aliphatic carboxylic acids is 1. The third-order valence-corrected chi connectivity index (χ3v) is 3.04. The van der Waals surface area contributed by atoms with Gasteiger partial charge in [-0.2, -0.15) is 0 Å². The highest BCUT2D eigenvalue weighted by Crippen LogP contribution is 2.16. The van der Waals surface area contributed by atoms with E-state index >= 15 is 0 Å². The van der Waals surface area contributed by atoms with Crippen LogP contribution in [0.15, 0.2) is 30.3 Å². The van der Waals surface area contributed by atoms with E-state index in [4.69, 9.17) is 9.84 Å². The van der Waals surface area contributed by atoms with Crippen molar-refractivity contribution in [1.29, 1.82) is 0 Å². The zero-order chi connectivity index (χ0) is 14.4. The van der Waals surface area contributed by atoms with Crippen LogP contribution in [0.25, 0.3) is 6.08 Å². The van der Waals surface area contributed by atoms with Crippen LogP contribution in [-0.2, 0) is 14.3 Å². The summed E-state index contributed by atoms with van der Waals surface area (Å²) in [6, 6.07) is 7.02. The molecule has 106 valence electrons. The number of carbonyl (C=O) groups is 2. The van der Waals surface area contributed by atoms with Crippen molar-refractivity contribution >= 4 is 23.6 Å². The van der Waals surface area contributed by atoms with E-state index in [2.05, 4.69) is 5.32 Å². The molecular formula is C15H17NO4. The van der Waals surface area contributed by atoms with Crippen molar-refractivity contribution in [1.82, 2.24) is 0 Å². The highest BCUT2D eigenvalue weighted by molar-refractivity contribution is 5.94. The Hall–Kier alpha value is -2.14. The average molecular weight is 275 g/mol. The van der Waals surface area contributed by atoms with Crippen LogP contribution in [0, 0.1) is 0 Å². The number of carbonyl (C=O) groups excluding carboxylic acids is 1. The van der Waals surface area contributed by atoms with Gasteiger partial charge in [-0.1, -0.05) is 12.1 Å². The van der Waals surface area contributed by atoms with Crippen LogP contribution in [0.3, 0.4) is 0 Å². The molecule has 0 radical (unpaired) electrons. The standard InChI is InChI=1S/C15H17NO4/c17-14(18)8-7-11-4-3-5-12(10-11)16-15(19)13-6-1-2-9-20-13/h3-5,7-8,10,13H,1-2,6,9H2,(H,16,19)(H,17,18). The zero-order valence-corrected chi connectivity index (χ0v) is 11.0. The SMILES string of the molecule is O=C(O)C=Cc1cccc(NC(=O)C2CCCCO2)c1. The molecule has 1 aliphatic heterocycles. The van der Waals surface area contributed by atoms with Crippen molar-refractivity contribution < 1.29 is 19.4 Å². The van der Waals surface area contributed by atoms with Gasteiger partial charge in [0.2, 0.25) is 0 Å².